The maximum Gasteiger partial charge on any atom is 0.327 e. The van der Waals surface area contributed by atoms with Crippen LogP contribution in [0.2, 0.25) is 0 Å². The third-order valence-corrected chi connectivity index (χ3v) is 2.90. The zero-order valence-corrected chi connectivity index (χ0v) is 7.27. The van der Waals surface area contributed by atoms with Crippen LogP contribution in [0.25, 0.3) is 0 Å². The summed E-state index contributed by atoms with van der Waals surface area (Å²) in [6.45, 7) is 4.76. The molecule has 0 aromatic heterocycles. The predicted molar refractivity (Wildman–Crippen MR) is 39.2 cm³/mol. The number of hydrogen-bond acceptors (Lipinski definition) is 3. The molecular formula is C6H13O3P. The van der Waals surface area contributed by atoms with Crippen molar-refractivity contribution in [3.63, 3.8) is 0 Å². The van der Waals surface area contributed by atoms with Crippen LogP contribution in [-0.2, 0) is 13.6 Å². The summed E-state index contributed by atoms with van der Waals surface area (Å²) in [5.74, 6) is 0.432. The summed E-state index contributed by atoms with van der Waals surface area (Å²) >= 11 is 0. The first-order valence-corrected chi connectivity index (χ1v) is 5.49. The Morgan fingerprint density at radius 2 is 2.00 bits per heavy atom. The zero-order chi connectivity index (χ0) is 7.61. The van der Waals surface area contributed by atoms with Crippen LogP contribution in [0.1, 0.15) is 13.3 Å². The molecule has 1 aliphatic rings. The van der Waals surface area contributed by atoms with E-state index in [1.165, 1.54) is 6.66 Å². The molecule has 0 aromatic carbocycles. The second kappa shape index (κ2) is 3.04. The van der Waals surface area contributed by atoms with Crippen LogP contribution < -0.4 is 0 Å². The van der Waals surface area contributed by atoms with Crippen molar-refractivity contribution in [2.45, 2.75) is 13.3 Å². The molecule has 60 valence electrons. The van der Waals surface area contributed by atoms with Crippen molar-refractivity contribution in [1.82, 2.24) is 0 Å². The molecule has 1 fully saturated rings. The van der Waals surface area contributed by atoms with Gasteiger partial charge in [-0.2, -0.15) is 0 Å². The van der Waals surface area contributed by atoms with Crippen LogP contribution in [-0.4, -0.2) is 19.9 Å². The Bertz CT molecular complexity index is 145. The lowest BCUT2D eigenvalue weighted by Gasteiger charge is -2.25. The van der Waals surface area contributed by atoms with Gasteiger partial charge < -0.3 is 9.05 Å². The fourth-order valence-electron chi connectivity index (χ4n) is 0.803. The van der Waals surface area contributed by atoms with E-state index in [1.807, 2.05) is 0 Å². The van der Waals surface area contributed by atoms with Crippen molar-refractivity contribution < 1.29 is 13.6 Å². The first-order chi connectivity index (χ1) is 4.64. The molecule has 0 spiro atoms. The van der Waals surface area contributed by atoms with Gasteiger partial charge in [-0.3, -0.25) is 4.57 Å². The summed E-state index contributed by atoms with van der Waals surface area (Å²) in [7, 11) is -2.64. The van der Waals surface area contributed by atoms with E-state index in [9.17, 15) is 4.57 Å². The van der Waals surface area contributed by atoms with E-state index in [1.54, 1.807) is 0 Å². The average Bonchev–Trinajstić information content (AvgIpc) is 1.88. The lowest BCUT2D eigenvalue weighted by molar-refractivity contribution is 0.0940. The highest BCUT2D eigenvalue weighted by molar-refractivity contribution is 7.53. The summed E-state index contributed by atoms with van der Waals surface area (Å²) in [6, 6.07) is 0. The van der Waals surface area contributed by atoms with Gasteiger partial charge in [-0.15, -0.1) is 0 Å². The van der Waals surface area contributed by atoms with E-state index < -0.39 is 7.60 Å². The highest BCUT2D eigenvalue weighted by Gasteiger charge is 2.25. The molecule has 0 aliphatic carbocycles. The van der Waals surface area contributed by atoms with Gasteiger partial charge in [0.2, 0.25) is 0 Å². The van der Waals surface area contributed by atoms with Crippen molar-refractivity contribution >= 4 is 7.60 Å². The molecule has 0 amide bonds. The summed E-state index contributed by atoms with van der Waals surface area (Å²) in [4.78, 5) is 0. The van der Waals surface area contributed by atoms with E-state index in [0.717, 1.165) is 6.42 Å². The molecule has 0 unspecified atom stereocenters. The molecule has 1 saturated heterocycles. The third kappa shape index (κ3) is 2.08. The minimum Gasteiger partial charge on any atom is -0.308 e. The topological polar surface area (TPSA) is 35.5 Å². The van der Waals surface area contributed by atoms with Gasteiger partial charge in [-0.05, 0) is 6.42 Å². The van der Waals surface area contributed by atoms with Crippen LogP contribution in [0.15, 0.2) is 0 Å². The molecule has 4 heteroatoms. The molecule has 3 nitrogen and oxygen atoms in total. The Morgan fingerprint density at radius 1 is 1.50 bits per heavy atom. The van der Waals surface area contributed by atoms with Crippen molar-refractivity contribution in [2.75, 3.05) is 19.9 Å². The normalized spacial score (nSPS) is 41.6. The minimum absolute atomic E-state index is 0.432. The molecule has 0 atom stereocenters. The zero-order valence-electron chi connectivity index (χ0n) is 6.37. The highest BCUT2D eigenvalue weighted by atomic mass is 31.2. The highest BCUT2D eigenvalue weighted by Crippen LogP contribution is 2.47. The number of hydrogen-bond donors (Lipinski definition) is 0. The van der Waals surface area contributed by atoms with Gasteiger partial charge in [0.05, 0.1) is 13.2 Å². The Kier molecular flexibility index (Phi) is 2.50. The Labute approximate surface area is 61.2 Å². The summed E-state index contributed by atoms with van der Waals surface area (Å²) in [5, 5.41) is 0. The summed E-state index contributed by atoms with van der Waals surface area (Å²) < 4.78 is 21.1. The standard InChI is InChI=1S/C6H13O3P/c1-3-6-4-8-10(2,7)9-5-6/h6H,3-5H2,1-2H3. The van der Waals surface area contributed by atoms with Crippen molar-refractivity contribution in [3.05, 3.63) is 0 Å². The van der Waals surface area contributed by atoms with E-state index in [-0.39, 0.29) is 0 Å². The summed E-state index contributed by atoms with van der Waals surface area (Å²) in [6.07, 6.45) is 1.03. The molecule has 0 bridgehead atoms. The lowest BCUT2D eigenvalue weighted by atomic mass is 10.1. The molecule has 0 saturated carbocycles. The Hall–Kier alpha value is 0.150. The van der Waals surface area contributed by atoms with E-state index in [4.69, 9.17) is 9.05 Å². The van der Waals surface area contributed by atoms with Crippen LogP contribution in [0.4, 0.5) is 0 Å². The largest absolute Gasteiger partial charge is 0.327 e. The van der Waals surface area contributed by atoms with Gasteiger partial charge in [-0.25, -0.2) is 0 Å². The maximum absolute atomic E-state index is 11.1. The van der Waals surface area contributed by atoms with E-state index in [2.05, 4.69) is 6.92 Å². The van der Waals surface area contributed by atoms with Crippen molar-refractivity contribution in [1.29, 1.82) is 0 Å². The SMILES string of the molecule is CCC1COP(C)(=O)OC1. The van der Waals surface area contributed by atoms with Gasteiger partial charge in [0.1, 0.15) is 0 Å². The smallest absolute Gasteiger partial charge is 0.308 e. The third-order valence-electron chi connectivity index (χ3n) is 1.67. The van der Waals surface area contributed by atoms with Crippen molar-refractivity contribution in [3.8, 4) is 0 Å². The molecule has 1 rings (SSSR count). The van der Waals surface area contributed by atoms with E-state index >= 15 is 0 Å². The van der Waals surface area contributed by atoms with Gasteiger partial charge in [0.25, 0.3) is 0 Å². The second-order valence-corrected chi connectivity index (χ2v) is 4.70. The fraction of sp³-hybridized carbons (Fsp3) is 1.00. The molecule has 1 heterocycles. The van der Waals surface area contributed by atoms with Gasteiger partial charge >= 0.3 is 7.60 Å². The molecule has 0 radical (unpaired) electrons. The number of rotatable bonds is 1. The van der Waals surface area contributed by atoms with Gasteiger partial charge in [0.15, 0.2) is 0 Å². The Balaban J connectivity index is 2.38. The van der Waals surface area contributed by atoms with Gasteiger partial charge in [-0.1, -0.05) is 6.92 Å². The van der Waals surface area contributed by atoms with Crippen molar-refractivity contribution in [2.24, 2.45) is 5.92 Å². The second-order valence-electron chi connectivity index (χ2n) is 2.64. The van der Waals surface area contributed by atoms with Crippen LogP contribution in [0.3, 0.4) is 0 Å². The van der Waals surface area contributed by atoms with Crippen LogP contribution in [0.5, 0.6) is 0 Å². The quantitative estimate of drug-likeness (QED) is 0.555. The van der Waals surface area contributed by atoms with Gasteiger partial charge in [0, 0.05) is 12.6 Å². The average molecular weight is 164 g/mol. The molecule has 0 N–H and O–H groups in total. The van der Waals surface area contributed by atoms with Crippen LogP contribution >= 0.6 is 7.60 Å². The minimum atomic E-state index is -2.64. The predicted octanol–water partition coefficient (Wildman–Crippen LogP) is 1.88. The van der Waals surface area contributed by atoms with Crippen LogP contribution in [0, 0.1) is 5.92 Å². The lowest BCUT2D eigenvalue weighted by Crippen LogP contribution is -2.19. The molecular weight excluding hydrogens is 151 g/mol. The molecule has 10 heavy (non-hydrogen) atoms. The van der Waals surface area contributed by atoms with E-state index in [0.29, 0.717) is 19.1 Å². The first kappa shape index (κ1) is 8.25. The first-order valence-electron chi connectivity index (χ1n) is 3.50. The molecule has 0 aromatic rings. The monoisotopic (exact) mass is 164 g/mol. The molecule has 1 aliphatic heterocycles. The summed E-state index contributed by atoms with van der Waals surface area (Å²) in [5.41, 5.74) is 0. The Morgan fingerprint density at radius 3 is 2.40 bits per heavy atom. The maximum atomic E-state index is 11.1. The fourth-order valence-corrected chi connectivity index (χ4v) is 1.84.